The van der Waals surface area contributed by atoms with Crippen molar-refractivity contribution in [2.24, 2.45) is 5.41 Å². The first-order chi connectivity index (χ1) is 13.0. The largest absolute Gasteiger partial charge is 0.496 e. The second kappa shape index (κ2) is 8.32. The number of rotatable bonds is 5. The highest BCUT2D eigenvalue weighted by molar-refractivity contribution is 5.94. The maximum atomic E-state index is 13.1. The standard InChI is InChI=1S/C22H32N2O3/c1-4-5-12-23-15-22(11-9-20(23)25)10-6-13-24(16-22)21(26)18-7-8-19(27-3)17(2)14-18/h7-8,14H,4-6,9-13,15-16H2,1-3H3. The maximum Gasteiger partial charge on any atom is 0.253 e. The molecule has 3 rings (SSSR count). The van der Waals surface area contributed by atoms with Gasteiger partial charge in [-0.2, -0.15) is 0 Å². The summed E-state index contributed by atoms with van der Waals surface area (Å²) >= 11 is 0. The lowest BCUT2D eigenvalue weighted by atomic mass is 9.73. The number of unbranched alkanes of at least 4 members (excludes halogenated alkanes) is 1. The highest BCUT2D eigenvalue weighted by atomic mass is 16.5. The molecule has 2 saturated heterocycles. The third kappa shape index (κ3) is 4.28. The molecule has 5 nitrogen and oxygen atoms in total. The lowest BCUT2D eigenvalue weighted by Crippen LogP contribution is -2.55. The number of benzene rings is 1. The van der Waals surface area contributed by atoms with Crippen LogP contribution in [0.5, 0.6) is 5.75 Å². The Morgan fingerprint density at radius 2 is 2.07 bits per heavy atom. The van der Waals surface area contributed by atoms with Crippen molar-refractivity contribution < 1.29 is 14.3 Å². The molecule has 0 aliphatic carbocycles. The summed E-state index contributed by atoms with van der Waals surface area (Å²) in [6.07, 6.45) is 5.78. The van der Waals surface area contributed by atoms with Gasteiger partial charge in [-0.3, -0.25) is 9.59 Å². The van der Waals surface area contributed by atoms with Gasteiger partial charge < -0.3 is 14.5 Å². The minimum absolute atomic E-state index is 0.0665. The smallest absolute Gasteiger partial charge is 0.253 e. The molecule has 1 atom stereocenters. The highest BCUT2D eigenvalue weighted by Gasteiger charge is 2.42. The number of likely N-dealkylation sites (tertiary alicyclic amines) is 2. The van der Waals surface area contributed by atoms with Gasteiger partial charge in [-0.1, -0.05) is 13.3 Å². The van der Waals surface area contributed by atoms with Crippen LogP contribution in [0.2, 0.25) is 0 Å². The SMILES string of the molecule is CCCCN1CC2(CCCN(C(=O)c3ccc(OC)c(C)c3)C2)CCC1=O. The molecule has 148 valence electrons. The van der Waals surface area contributed by atoms with E-state index in [4.69, 9.17) is 4.74 Å². The first-order valence-corrected chi connectivity index (χ1v) is 10.2. The third-order valence-corrected chi connectivity index (χ3v) is 6.12. The Bertz CT molecular complexity index is 703. The van der Waals surface area contributed by atoms with Crippen LogP contribution in [0.25, 0.3) is 0 Å². The number of piperidine rings is 2. The van der Waals surface area contributed by atoms with Gasteiger partial charge in [-0.15, -0.1) is 0 Å². The lowest BCUT2D eigenvalue weighted by Gasteiger charge is -2.48. The number of hydrogen-bond acceptors (Lipinski definition) is 3. The van der Waals surface area contributed by atoms with E-state index in [-0.39, 0.29) is 17.2 Å². The van der Waals surface area contributed by atoms with E-state index in [1.54, 1.807) is 7.11 Å². The zero-order valence-corrected chi connectivity index (χ0v) is 16.9. The zero-order chi connectivity index (χ0) is 19.4. The summed E-state index contributed by atoms with van der Waals surface area (Å²) in [4.78, 5) is 29.4. The van der Waals surface area contributed by atoms with Crippen LogP contribution in [-0.2, 0) is 4.79 Å². The van der Waals surface area contributed by atoms with Crippen molar-refractivity contribution >= 4 is 11.8 Å². The van der Waals surface area contributed by atoms with Gasteiger partial charge in [0.05, 0.1) is 7.11 Å². The molecule has 2 aliphatic rings. The second-order valence-electron chi connectivity index (χ2n) is 8.18. The number of carbonyl (C=O) groups excluding carboxylic acids is 2. The molecule has 2 amide bonds. The first-order valence-electron chi connectivity index (χ1n) is 10.2. The number of aryl methyl sites for hydroxylation is 1. The van der Waals surface area contributed by atoms with Crippen molar-refractivity contribution in [3.05, 3.63) is 29.3 Å². The van der Waals surface area contributed by atoms with E-state index in [2.05, 4.69) is 6.92 Å². The minimum Gasteiger partial charge on any atom is -0.496 e. The molecule has 2 fully saturated rings. The van der Waals surface area contributed by atoms with Gasteiger partial charge in [0, 0.05) is 43.6 Å². The molecule has 1 aromatic rings. The van der Waals surface area contributed by atoms with E-state index in [1.807, 2.05) is 34.9 Å². The van der Waals surface area contributed by atoms with Crippen molar-refractivity contribution in [1.82, 2.24) is 9.80 Å². The summed E-state index contributed by atoms with van der Waals surface area (Å²) in [5.74, 6) is 1.18. The van der Waals surface area contributed by atoms with Crippen molar-refractivity contribution in [3.8, 4) is 5.75 Å². The fourth-order valence-corrected chi connectivity index (χ4v) is 4.56. The molecule has 1 unspecified atom stereocenters. The topological polar surface area (TPSA) is 49.9 Å². The number of nitrogens with zero attached hydrogens (tertiary/aromatic N) is 2. The van der Waals surface area contributed by atoms with Crippen molar-refractivity contribution in [2.45, 2.75) is 52.4 Å². The molecule has 0 bridgehead atoms. The Labute approximate surface area is 162 Å². The summed E-state index contributed by atoms with van der Waals surface area (Å²) in [5.41, 5.74) is 1.76. The van der Waals surface area contributed by atoms with Crippen LogP contribution in [-0.4, -0.2) is 54.9 Å². The van der Waals surface area contributed by atoms with Crippen LogP contribution in [0.3, 0.4) is 0 Å². The summed E-state index contributed by atoms with van der Waals surface area (Å²) in [6, 6.07) is 5.64. The van der Waals surface area contributed by atoms with Crippen LogP contribution < -0.4 is 4.74 Å². The van der Waals surface area contributed by atoms with Crippen LogP contribution in [0.15, 0.2) is 18.2 Å². The predicted octanol–water partition coefficient (Wildman–Crippen LogP) is 3.65. The average molecular weight is 373 g/mol. The molecular weight excluding hydrogens is 340 g/mol. The van der Waals surface area contributed by atoms with Gasteiger partial charge in [-0.25, -0.2) is 0 Å². The Morgan fingerprint density at radius 1 is 1.26 bits per heavy atom. The van der Waals surface area contributed by atoms with Crippen LogP contribution >= 0.6 is 0 Å². The van der Waals surface area contributed by atoms with Crippen LogP contribution in [0.4, 0.5) is 0 Å². The monoisotopic (exact) mass is 372 g/mol. The summed E-state index contributed by atoms with van der Waals surface area (Å²) in [5, 5.41) is 0. The normalized spacial score (nSPS) is 23.0. The highest BCUT2D eigenvalue weighted by Crippen LogP contribution is 2.39. The molecule has 0 radical (unpaired) electrons. The van der Waals surface area contributed by atoms with Gasteiger partial charge in [0.2, 0.25) is 5.91 Å². The molecule has 5 heteroatoms. The van der Waals surface area contributed by atoms with Crippen molar-refractivity contribution in [2.75, 3.05) is 33.3 Å². The predicted molar refractivity (Wildman–Crippen MR) is 106 cm³/mol. The zero-order valence-electron chi connectivity index (χ0n) is 16.9. The molecule has 2 heterocycles. The third-order valence-electron chi connectivity index (χ3n) is 6.12. The number of ether oxygens (including phenoxy) is 1. The molecule has 0 N–H and O–H groups in total. The fraction of sp³-hybridized carbons (Fsp3) is 0.636. The number of methoxy groups -OCH3 is 1. The Morgan fingerprint density at radius 3 is 2.78 bits per heavy atom. The van der Waals surface area contributed by atoms with E-state index >= 15 is 0 Å². The van der Waals surface area contributed by atoms with E-state index in [9.17, 15) is 9.59 Å². The van der Waals surface area contributed by atoms with Crippen molar-refractivity contribution in [3.63, 3.8) is 0 Å². The maximum absolute atomic E-state index is 13.1. The van der Waals surface area contributed by atoms with Gasteiger partial charge in [-0.05, 0) is 56.4 Å². The van der Waals surface area contributed by atoms with E-state index in [0.717, 1.165) is 75.2 Å². The fourth-order valence-electron chi connectivity index (χ4n) is 4.56. The van der Waals surface area contributed by atoms with E-state index in [1.165, 1.54) is 0 Å². The Balaban J connectivity index is 1.72. The Kier molecular flexibility index (Phi) is 6.08. The van der Waals surface area contributed by atoms with Crippen molar-refractivity contribution in [1.29, 1.82) is 0 Å². The van der Waals surface area contributed by atoms with E-state index < -0.39 is 0 Å². The van der Waals surface area contributed by atoms with Gasteiger partial charge in [0.15, 0.2) is 0 Å². The second-order valence-corrected chi connectivity index (χ2v) is 8.18. The number of hydrogen-bond donors (Lipinski definition) is 0. The van der Waals surface area contributed by atoms with Gasteiger partial charge >= 0.3 is 0 Å². The molecule has 1 aromatic carbocycles. The molecule has 1 spiro atoms. The summed E-state index contributed by atoms with van der Waals surface area (Å²) in [7, 11) is 1.65. The summed E-state index contributed by atoms with van der Waals surface area (Å²) < 4.78 is 5.31. The number of amides is 2. The molecular formula is C22H32N2O3. The molecule has 2 aliphatic heterocycles. The Hall–Kier alpha value is -2.04. The van der Waals surface area contributed by atoms with Gasteiger partial charge in [0.25, 0.3) is 5.91 Å². The van der Waals surface area contributed by atoms with E-state index in [0.29, 0.717) is 6.42 Å². The molecule has 0 aromatic heterocycles. The van der Waals surface area contributed by atoms with Crippen LogP contribution in [0, 0.1) is 12.3 Å². The minimum atomic E-state index is 0.0665. The lowest BCUT2D eigenvalue weighted by molar-refractivity contribution is -0.139. The summed E-state index contributed by atoms with van der Waals surface area (Å²) in [6.45, 7) is 7.33. The first kappa shape index (κ1) is 19.7. The average Bonchev–Trinajstić information content (AvgIpc) is 2.68. The molecule has 0 saturated carbocycles. The quantitative estimate of drug-likeness (QED) is 0.793. The molecule has 27 heavy (non-hydrogen) atoms. The number of carbonyl (C=O) groups is 2. The van der Waals surface area contributed by atoms with Crippen LogP contribution in [0.1, 0.15) is 61.4 Å². The van der Waals surface area contributed by atoms with Gasteiger partial charge in [0.1, 0.15) is 5.75 Å².